The quantitative estimate of drug-likeness (QED) is 0.141. The van der Waals surface area contributed by atoms with E-state index in [-0.39, 0.29) is 30.8 Å². The van der Waals surface area contributed by atoms with Gasteiger partial charge in [0.1, 0.15) is 6.10 Å². The Morgan fingerprint density at radius 3 is 1.93 bits per heavy atom. The van der Waals surface area contributed by atoms with E-state index < -0.39 is 20.0 Å². The van der Waals surface area contributed by atoms with Crippen LogP contribution in [0.25, 0.3) is 0 Å². The number of hydrogen-bond acceptors (Lipinski definition) is 10. The van der Waals surface area contributed by atoms with Crippen molar-refractivity contribution in [2.45, 2.75) is 76.5 Å². The second-order valence-corrected chi connectivity index (χ2v) is 17.7. The highest BCUT2D eigenvalue weighted by atomic mass is 28.3. The van der Waals surface area contributed by atoms with Crippen LogP contribution in [0.3, 0.4) is 0 Å². The van der Waals surface area contributed by atoms with Gasteiger partial charge in [-0.25, -0.2) is 9.59 Å². The number of methoxy groups -OCH3 is 2. The van der Waals surface area contributed by atoms with Crippen molar-refractivity contribution in [1.29, 1.82) is 0 Å². The fraction of sp³-hybridized carbons (Fsp3) is 0.548. The number of nitrogens with two attached hydrogens (primary N) is 1. The Kier molecular flexibility index (Phi) is 12.1. The maximum absolute atomic E-state index is 11.8. The Hall–Kier alpha value is -3.28. The summed E-state index contributed by atoms with van der Waals surface area (Å²) in [6.45, 7) is 9.97. The fourth-order valence-corrected chi connectivity index (χ4v) is 5.11. The average molecular weight is 604 g/mol. The minimum Gasteiger partial charge on any atom is -0.504 e. The molecule has 0 aromatic heterocycles. The number of phenolic OH excluding ortho intramolecular Hbond substituents is 1. The lowest BCUT2D eigenvalue weighted by atomic mass is 9.84. The predicted molar refractivity (Wildman–Crippen MR) is 161 cm³/mol. The molecule has 0 saturated heterocycles. The van der Waals surface area contributed by atoms with E-state index in [1.54, 1.807) is 30.3 Å². The van der Waals surface area contributed by atoms with Gasteiger partial charge in [-0.1, -0.05) is 26.6 Å². The van der Waals surface area contributed by atoms with Gasteiger partial charge in [0.2, 0.25) is 0 Å². The zero-order chi connectivity index (χ0) is 30.9. The van der Waals surface area contributed by atoms with Crippen LogP contribution in [0.15, 0.2) is 36.4 Å². The zero-order valence-corrected chi connectivity index (χ0v) is 26.5. The van der Waals surface area contributed by atoms with E-state index in [4.69, 9.17) is 29.4 Å². The molecular formula is C31H45NO9Si. The smallest absolute Gasteiger partial charge is 0.337 e. The first-order valence-corrected chi connectivity index (χ1v) is 18.0. The number of phenols is 1. The average Bonchev–Trinajstić information content (AvgIpc) is 2.91. The van der Waals surface area contributed by atoms with Crippen molar-refractivity contribution in [3.63, 3.8) is 0 Å². The Bertz CT molecular complexity index is 1190. The topological polar surface area (TPSA) is 136 Å². The van der Waals surface area contributed by atoms with Crippen molar-refractivity contribution < 1.29 is 43.1 Å². The van der Waals surface area contributed by atoms with Crippen molar-refractivity contribution >= 4 is 20.0 Å². The van der Waals surface area contributed by atoms with Crippen LogP contribution in [0.2, 0.25) is 25.7 Å². The molecule has 0 unspecified atom stereocenters. The number of ether oxygens (including phenoxy) is 6. The highest BCUT2D eigenvalue weighted by molar-refractivity contribution is 6.76. The molecule has 2 aliphatic rings. The number of carbonyl (C=O) groups excluding carboxylic acids is 2. The van der Waals surface area contributed by atoms with Crippen molar-refractivity contribution in [2.75, 3.05) is 27.6 Å². The van der Waals surface area contributed by atoms with Gasteiger partial charge < -0.3 is 39.3 Å². The number of aromatic hydroxyl groups is 1. The summed E-state index contributed by atoms with van der Waals surface area (Å²) in [7, 11) is 1.54. The van der Waals surface area contributed by atoms with Gasteiger partial charge in [-0.3, -0.25) is 0 Å². The predicted octanol–water partition coefficient (Wildman–Crippen LogP) is 5.39. The summed E-state index contributed by atoms with van der Waals surface area (Å²) in [6, 6.07) is 10.9. The molecule has 3 N–H and O–H groups in total. The van der Waals surface area contributed by atoms with Crippen molar-refractivity contribution in [3.8, 4) is 23.0 Å². The van der Waals surface area contributed by atoms with Crippen LogP contribution in [0, 0.1) is 5.92 Å². The minimum absolute atomic E-state index is 0.0554. The molecule has 0 heterocycles. The van der Waals surface area contributed by atoms with E-state index in [1.807, 2.05) is 0 Å². The molecule has 0 atom stereocenters. The number of esters is 2. The first-order valence-electron chi connectivity index (χ1n) is 14.3. The van der Waals surface area contributed by atoms with Gasteiger partial charge in [-0.15, -0.1) is 0 Å². The van der Waals surface area contributed by atoms with Gasteiger partial charge >= 0.3 is 11.9 Å². The lowest BCUT2D eigenvalue weighted by Crippen LogP contribution is -2.43. The molecule has 0 spiro atoms. The minimum atomic E-state index is -1.12. The molecule has 10 nitrogen and oxygen atoms in total. The SMILES string of the molecule is COC(=O)c1ccc(OC2CC(C)C2)c(OCOCC[Si](C)(C)C)c1.COC(=O)c1ccc(OC2CC(N)C2)c(O)c1. The van der Waals surface area contributed by atoms with Crippen LogP contribution in [0.1, 0.15) is 53.3 Å². The molecule has 232 valence electrons. The number of rotatable bonds is 12. The monoisotopic (exact) mass is 603 g/mol. The first kappa shape index (κ1) is 33.2. The zero-order valence-electron chi connectivity index (χ0n) is 25.5. The van der Waals surface area contributed by atoms with E-state index in [1.165, 1.54) is 20.3 Å². The summed E-state index contributed by atoms with van der Waals surface area (Å²) >= 11 is 0. The molecule has 11 heteroatoms. The second kappa shape index (κ2) is 15.3. The number of carbonyl (C=O) groups is 2. The molecule has 2 saturated carbocycles. The van der Waals surface area contributed by atoms with Crippen LogP contribution in [0.4, 0.5) is 0 Å². The van der Waals surface area contributed by atoms with Crippen LogP contribution in [-0.2, 0) is 14.2 Å². The molecule has 0 amide bonds. The molecular weight excluding hydrogens is 558 g/mol. The largest absolute Gasteiger partial charge is 0.504 e. The van der Waals surface area contributed by atoms with E-state index in [2.05, 4.69) is 31.3 Å². The summed E-state index contributed by atoms with van der Waals surface area (Å²) < 4.78 is 32.2. The fourth-order valence-electron chi connectivity index (χ4n) is 4.35. The van der Waals surface area contributed by atoms with Crippen LogP contribution < -0.4 is 19.9 Å². The Morgan fingerprint density at radius 2 is 1.40 bits per heavy atom. The third-order valence-electron chi connectivity index (χ3n) is 7.09. The van der Waals surface area contributed by atoms with Gasteiger partial charge in [0.05, 0.1) is 31.5 Å². The Labute approximate surface area is 249 Å². The van der Waals surface area contributed by atoms with Gasteiger partial charge in [0.25, 0.3) is 0 Å². The Balaban J connectivity index is 0.000000247. The molecule has 2 fully saturated rings. The number of hydrogen-bond donors (Lipinski definition) is 2. The molecule has 0 aliphatic heterocycles. The molecule has 2 aliphatic carbocycles. The third kappa shape index (κ3) is 10.2. The summed E-state index contributed by atoms with van der Waals surface area (Å²) in [6.07, 6.45) is 3.95. The summed E-state index contributed by atoms with van der Waals surface area (Å²) in [5.74, 6) is 1.30. The normalized spacial score (nSPS) is 21.0. The van der Waals surface area contributed by atoms with Gasteiger partial charge in [0, 0.05) is 20.7 Å². The maximum atomic E-state index is 11.8. The van der Waals surface area contributed by atoms with Crippen molar-refractivity contribution in [1.82, 2.24) is 0 Å². The first-order chi connectivity index (χ1) is 19.9. The summed E-state index contributed by atoms with van der Waals surface area (Å²) in [5, 5.41) is 9.71. The number of benzene rings is 2. The second-order valence-electron chi connectivity index (χ2n) is 12.1. The molecule has 0 radical (unpaired) electrons. The van der Waals surface area contributed by atoms with Crippen molar-refractivity contribution in [2.24, 2.45) is 11.7 Å². The molecule has 2 aromatic carbocycles. The van der Waals surface area contributed by atoms with Crippen LogP contribution in [-0.4, -0.2) is 71.0 Å². The van der Waals surface area contributed by atoms with E-state index in [0.29, 0.717) is 40.9 Å². The van der Waals surface area contributed by atoms with Crippen molar-refractivity contribution in [3.05, 3.63) is 47.5 Å². The molecule has 4 rings (SSSR count). The molecule has 0 bridgehead atoms. The van der Waals surface area contributed by atoms with Gasteiger partial charge in [0.15, 0.2) is 29.8 Å². The summed E-state index contributed by atoms with van der Waals surface area (Å²) in [5.41, 5.74) is 6.37. The van der Waals surface area contributed by atoms with E-state index >= 15 is 0 Å². The highest BCUT2D eigenvalue weighted by Crippen LogP contribution is 2.36. The van der Waals surface area contributed by atoms with Gasteiger partial charge in [-0.05, 0) is 74.0 Å². The summed E-state index contributed by atoms with van der Waals surface area (Å²) in [4.78, 5) is 23.0. The van der Waals surface area contributed by atoms with Gasteiger partial charge in [-0.2, -0.15) is 0 Å². The van der Waals surface area contributed by atoms with E-state index in [9.17, 15) is 14.7 Å². The third-order valence-corrected chi connectivity index (χ3v) is 8.79. The standard InChI is InChI=1S/C19H30O5Si.C12H15NO4/c1-14-10-16(11-14)24-17-7-6-15(19(20)21-2)12-18(17)23-13-22-8-9-25(3,4)5;1-16-12(15)7-2-3-11(10(14)4-7)17-9-5-8(13)6-9/h6-7,12,14,16H,8-11,13H2,1-5H3;2-4,8-9,14H,5-6,13H2,1H3. The highest BCUT2D eigenvalue weighted by Gasteiger charge is 2.29. The van der Waals surface area contributed by atoms with E-state index in [0.717, 1.165) is 31.7 Å². The molecule has 42 heavy (non-hydrogen) atoms. The van der Waals surface area contributed by atoms with Crippen LogP contribution in [0.5, 0.6) is 23.0 Å². The maximum Gasteiger partial charge on any atom is 0.337 e. The lowest BCUT2D eigenvalue weighted by molar-refractivity contribution is 0.0154. The Morgan fingerprint density at radius 1 is 0.857 bits per heavy atom. The molecule has 2 aromatic rings. The lowest BCUT2D eigenvalue weighted by Gasteiger charge is -2.33. The van der Waals surface area contributed by atoms with Crippen LogP contribution >= 0.6 is 0 Å².